The third-order valence-corrected chi connectivity index (χ3v) is 3.54. The van der Waals surface area contributed by atoms with Gasteiger partial charge in [-0.1, -0.05) is 19.1 Å². The lowest BCUT2D eigenvalue weighted by Crippen LogP contribution is -2.20. The van der Waals surface area contributed by atoms with Crippen LogP contribution in [0.4, 0.5) is 0 Å². The molecular weight excluding hydrogens is 230 g/mol. The molecule has 2 atom stereocenters. The van der Waals surface area contributed by atoms with Crippen molar-refractivity contribution in [1.82, 2.24) is 0 Å². The van der Waals surface area contributed by atoms with Gasteiger partial charge in [-0.2, -0.15) is 11.8 Å². The van der Waals surface area contributed by atoms with Crippen molar-refractivity contribution >= 4 is 11.8 Å². The zero-order valence-electron chi connectivity index (χ0n) is 11.1. The molecule has 0 bridgehead atoms. The number of nitrogens with two attached hydrogens (primary N) is 1. The summed E-state index contributed by atoms with van der Waals surface area (Å²) >= 11 is 1.84. The fourth-order valence-electron chi connectivity index (χ4n) is 1.74. The van der Waals surface area contributed by atoms with E-state index >= 15 is 0 Å². The molecule has 0 saturated carbocycles. The Morgan fingerprint density at radius 2 is 1.76 bits per heavy atom. The van der Waals surface area contributed by atoms with Gasteiger partial charge in [-0.05, 0) is 49.5 Å². The van der Waals surface area contributed by atoms with Gasteiger partial charge in [-0.3, -0.25) is 0 Å². The fourth-order valence-corrected chi connectivity index (χ4v) is 2.47. The van der Waals surface area contributed by atoms with Crippen molar-refractivity contribution in [2.45, 2.75) is 32.9 Å². The Balaban J connectivity index is 2.66. The summed E-state index contributed by atoms with van der Waals surface area (Å²) in [5, 5.41) is 0. The maximum absolute atomic E-state index is 6.22. The van der Waals surface area contributed by atoms with E-state index in [4.69, 9.17) is 10.5 Å². The highest BCUT2D eigenvalue weighted by Crippen LogP contribution is 2.24. The molecule has 0 heterocycles. The monoisotopic (exact) mass is 253 g/mol. The van der Waals surface area contributed by atoms with Crippen LogP contribution >= 0.6 is 11.8 Å². The molecule has 2 unspecified atom stereocenters. The highest BCUT2D eigenvalue weighted by Gasteiger charge is 2.14. The smallest absolute Gasteiger partial charge is 0.119 e. The summed E-state index contributed by atoms with van der Waals surface area (Å²) in [5.41, 5.74) is 7.40. The standard InChI is InChI=1S/C14H23NOS/c1-10(2)16-13-7-5-12(6-8-13)14(15)11(3)9-17-4/h5-8,10-11,14H,9,15H2,1-4H3. The van der Waals surface area contributed by atoms with Gasteiger partial charge in [0.15, 0.2) is 0 Å². The van der Waals surface area contributed by atoms with Crippen molar-refractivity contribution in [2.75, 3.05) is 12.0 Å². The minimum absolute atomic E-state index is 0.107. The van der Waals surface area contributed by atoms with Gasteiger partial charge in [-0.15, -0.1) is 0 Å². The van der Waals surface area contributed by atoms with Crippen LogP contribution in [0.1, 0.15) is 32.4 Å². The van der Waals surface area contributed by atoms with Crippen LogP contribution in [0.15, 0.2) is 24.3 Å². The highest BCUT2D eigenvalue weighted by atomic mass is 32.2. The van der Waals surface area contributed by atoms with E-state index in [-0.39, 0.29) is 12.1 Å². The van der Waals surface area contributed by atoms with Crippen LogP contribution in [0.3, 0.4) is 0 Å². The summed E-state index contributed by atoms with van der Waals surface area (Å²) in [4.78, 5) is 0. The molecule has 0 aliphatic heterocycles. The molecule has 1 aromatic carbocycles. The van der Waals surface area contributed by atoms with Crippen LogP contribution in [-0.2, 0) is 0 Å². The third-order valence-electron chi connectivity index (χ3n) is 2.68. The molecule has 0 aliphatic carbocycles. The molecule has 0 aromatic heterocycles. The molecule has 2 nitrogen and oxygen atoms in total. The maximum atomic E-state index is 6.22. The van der Waals surface area contributed by atoms with E-state index in [1.807, 2.05) is 37.7 Å². The second kappa shape index (κ2) is 6.92. The molecule has 1 rings (SSSR count). The van der Waals surface area contributed by atoms with E-state index in [0.717, 1.165) is 11.5 Å². The lowest BCUT2D eigenvalue weighted by molar-refractivity contribution is 0.242. The van der Waals surface area contributed by atoms with Crippen molar-refractivity contribution < 1.29 is 4.74 Å². The van der Waals surface area contributed by atoms with Gasteiger partial charge in [0.2, 0.25) is 0 Å². The molecule has 96 valence electrons. The Hall–Kier alpha value is -0.670. The Bertz CT molecular complexity index is 323. The first-order chi connectivity index (χ1) is 8.04. The first-order valence-electron chi connectivity index (χ1n) is 6.05. The first-order valence-corrected chi connectivity index (χ1v) is 7.45. The summed E-state index contributed by atoms with van der Waals surface area (Å²) in [6, 6.07) is 8.25. The van der Waals surface area contributed by atoms with Crippen molar-refractivity contribution in [2.24, 2.45) is 11.7 Å². The second-order valence-corrected chi connectivity index (χ2v) is 5.60. The number of thioether (sulfide) groups is 1. The van der Waals surface area contributed by atoms with E-state index < -0.39 is 0 Å². The molecule has 0 spiro atoms. The molecule has 17 heavy (non-hydrogen) atoms. The second-order valence-electron chi connectivity index (χ2n) is 4.69. The molecule has 2 N–H and O–H groups in total. The number of hydrogen-bond donors (Lipinski definition) is 1. The SMILES string of the molecule is CSCC(C)C(N)c1ccc(OC(C)C)cc1. The molecule has 0 saturated heterocycles. The van der Waals surface area contributed by atoms with Crippen LogP contribution < -0.4 is 10.5 Å². The number of ether oxygens (including phenoxy) is 1. The van der Waals surface area contributed by atoms with E-state index in [1.165, 1.54) is 5.56 Å². The Morgan fingerprint density at radius 1 is 1.18 bits per heavy atom. The van der Waals surface area contributed by atoms with Gasteiger partial charge >= 0.3 is 0 Å². The maximum Gasteiger partial charge on any atom is 0.119 e. The van der Waals surface area contributed by atoms with Crippen LogP contribution in [0.25, 0.3) is 0 Å². The largest absolute Gasteiger partial charge is 0.491 e. The van der Waals surface area contributed by atoms with E-state index in [9.17, 15) is 0 Å². The molecule has 0 aliphatic rings. The minimum atomic E-state index is 0.107. The van der Waals surface area contributed by atoms with Gasteiger partial charge in [0, 0.05) is 6.04 Å². The first kappa shape index (κ1) is 14.4. The zero-order valence-corrected chi connectivity index (χ0v) is 12.0. The molecule has 0 fully saturated rings. The van der Waals surface area contributed by atoms with E-state index in [1.54, 1.807) is 0 Å². The number of rotatable bonds is 6. The Morgan fingerprint density at radius 3 is 2.24 bits per heavy atom. The molecule has 0 amide bonds. The Labute approximate surface area is 109 Å². The van der Waals surface area contributed by atoms with Crippen LogP contribution in [0.2, 0.25) is 0 Å². The average Bonchev–Trinajstić information content (AvgIpc) is 2.28. The number of benzene rings is 1. The summed E-state index contributed by atoms with van der Waals surface area (Å²) in [5.74, 6) is 2.49. The van der Waals surface area contributed by atoms with Gasteiger partial charge in [0.25, 0.3) is 0 Å². The van der Waals surface area contributed by atoms with Crippen molar-refractivity contribution in [3.63, 3.8) is 0 Å². The quantitative estimate of drug-likeness (QED) is 0.843. The highest BCUT2D eigenvalue weighted by molar-refractivity contribution is 7.98. The summed E-state index contributed by atoms with van der Waals surface area (Å²) < 4.78 is 5.61. The van der Waals surface area contributed by atoms with Gasteiger partial charge in [0.1, 0.15) is 5.75 Å². The normalized spacial score (nSPS) is 14.7. The summed E-state index contributed by atoms with van der Waals surface area (Å²) in [7, 11) is 0. The number of hydrogen-bond acceptors (Lipinski definition) is 3. The van der Waals surface area contributed by atoms with E-state index in [2.05, 4.69) is 25.3 Å². The predicted octanol–water partition coefficient (Wildman–Crippen LogP) is 3.47. The Kier molecular flexibility index (Phi) is 5.86. The van der Waals surface area contributed by atoms with Crippen LogP contribution in [0.5, 0.6) is 5.75 Å². The fraction of sp³-hybridized carbons (Fsp3) is 0.571. The molecule has 0 radical (unpaired) electrons. The van der Waals surface area contributed by atoms with Crippen molar-refractivity contribution in [3.05, 3.63) is 29.8 Å². The van der Waals surface area contributed by atoms with Gasteiger partial charge in [-0.25, -0.2) is 0 Å². The molecular formula is C14H23NOS. The summed E-state index contributed by atoms with van der Waals surface area (Å²) in [6.07, 6.45) is 2.33. The topological polar surface area (TPSA) is 35.2 Å². The van der Waals surface area contributed by atoms with Crippen molar-refractivity contribution in [1.29, 1.82) is 0 Å². The lowest BCUT2D eigenvalue weighted by Gasteiger charge is -2.20. The predicted molar refractivity (Wildman–Crippen MR) is 76.7 cm³/mol. The van der Waals surface area contributed by atoms with E-state index in [0.29, 0.717) is 5.92 Å². The minimum Gasteiger partial charge on any atom is -0.491 e. The van der Waals surface area contributed by atoms with Crippen molar-refractivity contribution in [3.8, 4) is 5.75 Å². The molecule has 3 heteroatoms. The van der Waals surface area contributed by atoms with Gasteiger partial charge in [0.05, 0.1) is 6.10 Å². The zero-order chi connectivity index (χ0) is 12.8. The average molecular weight is 253 g/mol. The van der Waals surface area contributed by atoms with Crippen LogP contribution in [0, 0.1) is 5.92 Å². The molecule has 1 aromatic rings. The van der Waals surface area contributed by atoms with Crippen LogP contribution in [-0.4, -0.2) is 18.1 Å². The summed E-state index contributed by atoms with van der Waals surface area (Å²) in [6.45, 7) is 6.25. The lowest BCUT2D eigenvalue weighted by atomic mass is 9.97. The third kappa shape index (κ3) is 4.60. The van der Waals surface area contributed by atoms with Gasteiger partial charge < -0.3 is 10.5 Å².